The molecule has 1 atom stereocenters. The summed E-state index contributed by atoms with van der Waals surface area (Å²) in [6, 6.07) is 0. The van der Waals surface area contributed by atoms with Gasteiger partial charge in [0.1, 0.15) is 0 Å². The molecule has 0 aromatic rings. The lowest BCUT2D eigenvalue weighted by atomic mass is 9.93. The summed E-state index contributed by atoms with van der Waals surface area (Å²) >= 11 is -3.18. The van der Waals surface area contributed by atoms with Gasteiger partial charge in [0, 0.05) is 6.42 Å². The van der Waals surface area contributed by atoms with E-state index in [9.17, 15) is 69.7 Å². The summed E-state index contributed by atoms with van der Waals surface area (Å²) in [4.78, 5) is 1.70. The predicted molar refractivity (Wildman–Crippen MR) is 66.2 cm³/mol. The zero-order valence-corrected chi connectivity index (χ0v) is 14.4. The standard InChI is InChI=1S/C8H7F13N2O4S2/c9-3(10,1-2-29(26,27)23-22-28(24)25)4(11,12)5(13,14)6(15,16)7(17,18)8(19,20)21/h22-23H,1-2H2,(H,24,25). The molecule has 1 unspecified atom stereocenters. The van der Waals surface area contributed by atoms with E-state index in [1.807, 2.05) is 0 Å². The van der Waals surface area contributed by atoms with Crippen LogP contribution in [-0.4, -0.2) is 58.7 Å². The summed E-state index contributed by atoms with van der Waals surface area (Å²) in [7, 11) is -5.29. The van der Waals surface area contributed by atoms with Gasteiger partial charge < -0.3 is 0 Å². The highest BCUT2D eigenvalue weighted by Crippen LogP contribution is 2.60. The van der Waals surface area contributed by atoms with E-state index in [-0.39, 0.29) is 0 Å². The molecular formula is C8H7F13N2O4S2. The largest absolute Gasteiger partial charge is 0.460 e. The second-order valence-electron chi connectivity index (χ2n) is 5.02. The zero-order chi connectivity index (χ0) is 23.9. The molecular weight excluding hydrogens is 499 g/mol. The average Bonchev–Trinajstić information content (AvgIpc) is 2.49. The summed E-state index contributed by atoms with van der Waals surface area (Å²) in [5.41, 5.74) is 0. The van der Waals surface area contributed by atoms with Crippen molar-refractivity contribution in [2.24, 2.45) is 0 Å². The highest BCUT2D eigenvalue weighted by molar-refractivity contribution is 7.90. The SMILES string of the molecule is O=S(O)NNS(=O)(=O)CCC(F)(F)C(F)(F)C(F)(F)C(F)(F)C(F)(F)C(F)(F)F. The minimum atomic E-state index is -8.09. The van der Waals surface area contributed by atoms with Gasteiger partial charge in [0.15, 0.2) is 0 Å². The molecule has 0 aliphatic rings. The summed E-state index contributed by atoms with van der Waals surface area (Å²) in [5.74, 6) is -40.5. The van der Waals surface area contributed by atoms with Gasteiger partial charge in [-0.1, -0.05) is 0 Å². The molecule has 21 heteroatoms. The summed E-state index contributed by atoms with van der Waals surface area (Å²) in [5, 5.41) is 0. The van der Waals surface area contributed by atoms with Crippen molar-refractivity contribution in [2.45, 2.75) is 42.2 Å². The van der Waals surface area contributed by atoms with E-state index in [0.29, 0.717) is 0 Å². The second kappa shape index (κ2) is 7.96. The summed E-state index contributed by atoms with van der Waals surface area (Å²) in [6.07, 6.45) is -10.6. The van der Waals surface area contributed by atoms with Crippen molar-refractivity contribution in [2.75, 3.05) is 5.75 Å². The molecule has 0 aromatic heterocycles. The van der Waals surface area contributed by atoms with Crippen LogP contribution in [0.3, 0.4) is 0 Å². The third kappa shape index (κ3) is 5.22. The van der Waals surface area contributed by atoms with Gasteiger partial charge >= 0.3 is 35.8 Å². The van der Waals surface area contributed by atoms with Crippen LogP contribution in [0.4, 0.5) is 57.1 Å². The molecule has 0 fully saturated rings. The number of sulfonamides is 1. The number of hydrogen-bond donors (Lipinski definition) is 3. The van der Waals surface area contributed by atoms with Crippen LogP contribution in [0.1, 0.15) is 6.42 Å². The van der Waals surface area contributed by atoms with E-state index in [2.05, 4.69) is 0 Å². The van der Waals surface area contributed by atoms with Crippen molar-refractivity contribution in [3.8, 4) is 0 Å². The van der Waals surface area contributed by atoms with Crippen LogP contribution < -0.4 is 9.66 Å². The molecule has 0 saturated heterocycles. The normalized spacial score (nSPS) is 16.8. The number of alkyl halides is 13. The Morgan fingerprint density at radius 1 is 0.724 bits per heavy atom. The molecule has 6 nitrogen and oxygen atoms in total. The van der Waals surface area contributed by atoms with Crippen molar-refractivity contribution < 1.29 is 74.3 Å². The molecule has 0 spiro atoms. The highest BCUT2D eigenvalue weighted by Gasteiger charge is 2.90. The van der Waals surface area contributed by atoms with Gasteiger partial charge in [-0.2, -0.15) is 57.1 Å². The molecule has 0 bridgehead atoms. The van der Waals surface area contributed by atoms with Gasteiger partial charge in [-0.05, 0) is 0 Å². The third-order valence-electron chi connectivity index (χ3n) is 2.97. The van der Waals surface area contributed by atoms with E-state index in [1.54, 1.807) is 0 Å². The molecule has 29 heavy (non-hydrogen) atoms. The first-order valence-electron chi connectivity index (χ1n) is 6.19. The maximum atomic E-state index is 13.3. The molecule has 0 heterocycles. The van der Waals surface area contributed by atoms with Gasteiger partial charge in [-0.3, -0.25) is 4.55 Å². The molecule has 0 aromatic carbocycles. The van der Waals surface area contributed by atoms with Crippen molar-refractivity contribution in [3.63, 3.8) is 0 Å². The quantitative estimate of drug-likeness (QED) is 0.241. The lowest BCUT2D eigenvalue weighted by molar-refractivity contribution is -0.439. The Bertz CT molecular complexity index is 721. The van der Waals surface area contributed by atoms with Crippen LogP contribution in [-0.2, 0) is 21.3 Å². The topological polar surface area (TPSA) is 95.5 Å². The van der Waals surface area contributed by atoms with Crippen LogP contribution in [0.25, 0.3) is 0 Å². The fraction of sp³-hybridized carbons (Fsp3) is 1.00. The molecule has 0 rings (SSSR count). The minimum Gasteiger partial charge on any atom is -0.293 e. The van der Waals surface area contributed by atoms with Crippen LogP contribution >= 0.6 is 0 Å². The first-order chi connectivity index (χ1) is 12.4. The van der Waals surface area contributed by atoms with E-state index >= 15 is 0 Å². The van der Waals surface area contributed by atoms with Crippen LogP contribution in [0, 0.1) is 0 Å². The smallest absolute Gasteiger partial charge is 0.293 e. The average molecular weight is 506 g/mol. The van der Waals surface area contributed by atoms with Crippen molar-refractivity contribution in [1.29, 1.82) is 0 Å². The monoisotopic (exact) mass is 506 g/mol. The maximum Gasteiger partial charge on any atom is 0.460 e. The first kappa shape index (κ1) is 28.1. The molecule has 0 saturated carbocycles. The van der Waals surface area contributed by atoms with E-state index in [1.165, 1.54) is 0 Å². The highest BCUT2D eigenvalue weighted by atomic mass is 32.2. The van der Waals surface area contributed by atoms with E-state index < -0.39 is 69.3 Å². The number of nitrogens with one attached hydrogen (secondary N) is 2. The second-order valence-corrected chi connectivity index (χ2v) is 7.57. The Morgan fingerprint density at radius 3 is 1.45 bits per heavy atom. The Morgan fingerprint density at radius 2 is 1.10 bits per heavy atom. The summed E-state index contributed by atoms with van der Waals surface area (Å²) in [6.45, 7) is 0. The molecule has 176 valence electrons. The van der Waals surface area contributed by atoms with Crippen LogP contribution in [0.5, 0.6) is 0 Å². The lowest BCUT2D eigenvalue weighted by Gasteiger charge is -2.39. The van der Waals surface area contributed by atoms with Gasteiger partial charge in [0.25, 0.3) is 0 Å². The van der Waals surface area contributed by atoms with Gasteiger partial charge in [0.05, 0.1) is 5.75 Å². The molecule has 0 aliphatic heterocycles. The zero-order valence-electron chi connectivity index (χ0n) is 12.8. The number of hydrogen-bond acceptors (Lipinski definition) is 3. The van der Waals surface area contributed by atoms with E-state index in [0.717, 1.165) is 9.66 Å². The molecule has 0 amide bonds. The van der Waals surface area contributed by atoms with Crippen molar-refractivity contribution in [3.05, 3.63) is 0 Å². The number of hydrazine groups is 1. The third-order valence-corrected chi connectivity index (χ3v) is 4.53. The Kier molecular flexibility index (Phi) is 7.71. The maximum absolute atomic E-state index is 13.3. The molecule has 0 aliphatic carbocycles. The van der Waals surface area contributed by atoms with Crippen molar-refractivity contribution >= 4 is 21.3 Å². The minimum absolute atomic E-state index is 0.785. The van der Waals surface area contributed by atoms with Gasteiger partial charge in [0.2, 0.25) is 21.3 Å². The fourth-order valence-electron chi connectivity index (χ4n) is 1.37. The van der Waals surface area contributed by atoms with Gasteiger partial charge in [-0.25, -0.2) is 12.6 Å². The Balaban J connectivity index is 5.91. The Hall–Kier alpha value is -0.930. The summed E-state index contributed by atoms with van der Waals surface area (Å²) < 4.78 is 206. The molecule has 0 radical (unpaired) electrons. The Labute approximate surface area is 154 Å². The van der Waals surface area contributed by atoms with Gasteiger partial charge in [-0.15, -0.1) is 9.66 Å². The van der Waals surface area contributed by atoms with E-state index in [4.69, 9.17) is 4.55 Å². The predicted octanol–water partition coefficient (Wildman–Crippen LogP) is 2.68. The fourth-order valence-corrected chi connectivity index (χ4v) is 2.79. The molecule has 3 N–H and O–H groups in total. The van der Waals surface area contributed by atoms with Crippen LogP contribution in [0.15, 0.2) is 0 Å². The number of halogens is 13. The van der Waals surface area contributed by atoms with Crippen molar-refractivity contribution in [1.82, 2.24) is 9.66 Å². The lowest BCUT2D eigenvalue weighted by Crippen LogP contribution is -2.70. The first-order valence-corrected chi connectivity index (χ1v) is 8.95. The van der Waals surface area contributed by atoms with Crippen LogP contribution in [0.2, 0.25) is 0 Å². The number of rotatable bonds is 10.